The van der Waals surface area contributed by atoms with Gasteiger partial charge in [-0.2, -0.15) is 0 Å². The summed E-state index contributed by atoms with van der Waals surface area (Å²) in [6.45, 7) is 3.29. The number of rotatable bonds is 4. The number of nitrogens with one attached hydrogen (secondary N) is 2. The van der Waals surface area contributed by atoms with Crippen LogP contribution in [0.25, 0.3) is 0 Å². The molecule has 1 aromatic carbocycles. The maximum absolute atomic E-state index is 12.2. The predicted octanol–water partition coefficient (Wildman–Crippen LogP) is 1.37. The third-order valence-corrected chi connectivity index (χ3v) is 5.94. The van der Waals surface area contributed by atoms with Crippen molar-refractivity contribution in [2.75, 3.05) is 5.73 Å². The molecule has 1 aromatic heterocycles. The molecule has 0 amide bonds. The van der Waals surface area contributed by atoms with Gasteiger partial charge in [-0.25, -0.2) is 13.1 Å². The SMILES string of the molecule is Cc1[nH]c(=O)sc1S(=O)(=O)NC(C)c1ccc(N)cc1. The molecule has 108 valence electrons. The summed E-state index contributed by atoms with van der Waals surface area (Å²) >= 11 is 0.679. The quantitative estimate of drug-likeness (QED) is 0.741. The van der Waals surface area contributed by atoms with Crippen LogP contribution in [0.2, 0.25) is 0 Å². The first-order valence-corrected chi connectivity index (χ1v) is 8.17. The fourth-order valence-electron chi connectivity index (χ4n) is 1.79. The van der Waals surface area contributed by atoms with Gasteiger partial charge >= 0.3 is 4.87 Å². The van der Waals surface area contributed by atoms with Gasteiger partial charge in [0.2, 0.25) is 0 Å². The van der Waals surface area contributed by atoms with Crippen molar-refractivity contribution >= 4 is 27.0 Å². The number of nitrogens with two attached hydrogens (primary N) is 1. The maximum atomic E-state index is 12.2. The average molecular weight is 313 g/mol. The molecule has 2 aromatic rings. The molecule has 0 saturated heterocycles. The zero-order valence-corrected chi connectivity index (χ0v) is 12.6. The fraction of sp³-hybridized carbons (Fsp3) is 0.250. The Balaban J connectivity index is 2.26. The molecule has 0 spiro atoms. The molecule has 0 bridgehead atoms. The first-order valence-electron chi connectivity index (χ1n) is 5.87. The summed E-state index contributed by atoms with van der Waals surface area (Å²) in [5, 5.41) is 0. The van der Waals surface area contributed by atoms with Gasteiger partial charge in [0.1, 0.15) is 0 Å². The number of benzene rings is 1. The topological polar surface area (TPSA) is 105 Å². The van der Waals surface area contributed by atoms with Crippen molar-refractivity contribution in [2.45, 2.75) is 24.1 Å². The van der Waals surface area contributed by atoms with Crippen LogP contribution in [0.15, 0.2) is 33.3 Å². The van der Waals surface area contributed by atoms with E-state index in [1.54, 1.807) is 38.1 Å². The second-order valence-electron chi connectivity index (χ2n) is 4.44. The lowest BCUT2D eigenvalue weighted by atomic mass is 10.1. The molecule has 0 saturated carbocycles. The number of sulfonamides is 1. The summed E-state index contributed by atoms with van der Waals surface area (Å²) < 4.78 is 27.0. The van der Waals surface area contributed by atoms with Gasteiger partial charge in [-0.15, -0.1) is 0 Å². The molecule has 0 fully saturated rings. The highest BCUT2D eigenvalue weighted by molar-refractivity contribution is 7.91. The minimum Gasteiger partial charge on any atom is -0.399 e. The molecule has 2 rings (SSSR count). The van der Waals surface area contributed by atoms with Crippen LogP contribution in [0.5, 0.6) is 0 Å². The number of H-pyrrole nitrogens is 1. The lowest BCUT2D eigenvalue weighted by molar-refractivity contribution is 0.568. The van der Waals surface area contributed by atoms with Crippen molar-refractivity contribution in [3.63, 3.8) is 0 Å². The zero-order valence-electron chi connectivity index (χ0n) is 11.0. The third-order valence-electron chi connectivity index (χ3n) is 2.79. The zero-order chi connectivity index (χ0) is 14.9. The molecule has 1 atom stereocenters. The lowest BCUT2D eigenvalue weighted by Gasteiger charge is -2.14. The second-order valence-corrected chi connectivity index (χ2v) is 7.33. The highest BCUT2D eigenvalue weighted by Gasteiger charge is 2.23. The van der Waals surface area contributed by atoms with E-state index in [9.17, 15) is 13.2 Å². The van der Waals surface area contributed by atoms with E-state index in [0.29, 0.717) is 22.7 Å². The normalized spacial score (nSPS) is 13.3. The smallest absolute Gasteiger partial charge is 0.305 e. The van der Waals surface area contributed by atoms with Gasteiger partial charge in [-0.3, -0.25) is 4.79 Å². The summed E-state index contributed by atoms with van der Waals surface area (Å²) in [6, 6.07) is 6.52. The molecule has 0 aliphatic carbocycles. The Morgan fingerprint density at radius 2 is 1.90 bits per heavy atom. The van der Waals surface area contributed by atoms with Crippen LogP contribution in [0.1, 0.15) is 24.2 Å². The summed E-state index contributed by atoms with van der Waals surface area (Å²) in [5.41, 5.74) is 7.35. The van der Waals surface area contributed by atoms with Crippen molar-refractivity contribution in [1.82, 2.24) is 9.71 Å². The molecule has 1 heterocycles. The van der Waals surface area contributed by atoms with Gasteiger partial charge < -0.3 is 10.7 Å². The van der Waals surface area contributed by atoms with E-state index in [2.05, 4.69) is 9.71 Å². The maximum Gasteiger partial charge on any atom is 0.305 e. The monoisotopic (exact) mass is 313 g/mol. The number of nitrogen functional groups attached to an aromatic ring is 1. The molecule has 1 unspecified atom stereocenters. The van der Waals surface area contributed by atoms with Gasteiger partial charge in [0, 0.05) is 17.4 Å². The van der Waals surface area contributed by atoms with Gasteiger partial charge in [-0.05, 0) is 31.5 Å². The van der Waals surface area contributed by atoms with Crippen molar-refractivity contribution < 1.29 is 8.42 Å². The van der Waals surface area contributed by atoms with Crippen molar-refractivity contribution in [2.24, 2.45) is 0 Å². The first-order chi connectivity index (χ1) is 9.29. The van der Waals surface area contributed by atoms with Gasteiger partial charge in [0.15, 0.2) is 4.21 Å². The minimum atomic E-state index is -3.72. The Morgan fingerprint density at radius 1 is 1.30 bits per heavy atom. The summed E-state index contributed by atoms with van der Waals surface area (Å²) in [6.07, 6.45) is 0. The fourth-order valence-corrected chi connectivity index (χ4v) is 4.34. The van der Waals surface area contributed by atoms with E-state index in [1.807, 2.05) is 0 Å². The first kappa shape index (κ1) is 14.8. The van der Waals surface area contributed by atoms with Crippen LogP contribution < -0.4 is 15.3 Å². The van der Waals surface area contributed by atoms with Crippen molar-refractivity contribution in [1.29, 1.82) is 0 Å². The second kappa shape index (κ2) is 5.39. The van der Waals surface area contributed by atoms with Crippen LogP contribution >= 0.6 is 11.3 Å². The van der Waals surface area contributed by atoms with Crippen molar-refractivity contribution in [3.05, 3.63) is 45.2 Å². The van der Waals surface area contributed by atoms with Crippen LogP contribution in [-0.4, -0.2) is 13.4 Å². The number of aryl methyl sites for hydroxylation is 1. The van der Waals surface area contributed by atoms with Crippen LogP contribution in [0.4, 0.5) is 5.69 Å². The molecule has 20 heavy (non-hydrogen) atoms. The summed E-state index contributed by atoms with van der Waals surface area (Å²) in [7, 11) is -3.72. The molecular formula is C12H15N3O3S2. The predicted molar refractivity (Wildman–Crippen MR) is 79.3 cm³/mol. The molecule has 6 nitrogen and oxygen atoms in total. The van der Waals surface area contributed by atoms with Crippen molar-refractivity contribution in [3.8, 4) is 0 Å². The number of aromatic amines is 1. The molecule has 0 aliphatic rings. The van der Waals surface area contributed by atoms with E-state index in [-0.39, 0.29) is 9.08 Å². The Bertz CT molecular complexity index is 760. The van der Waals surface area contributed by atoms with E-state index in [1.165, 1.54) is 0 Å². The Labute approximate surface area is 120 Å². The highest BCUT2D eigenvalue weighted by atomic mass is 32.2. The Hall–Kier alpha value is -1.64. The number of hydrogen-bond donors (Lipinski definition) is 3. The summed E-state index contributed by atoms with van der Waals surface area (Å²) in [5.74, 6) is 0. The third kappa shape index (κ3) is 3.09. The lowest BCUT2D eigenvalue weighted by Crippen LogP contribution is -2.26. The number of hydrogen-bond acceptors (Lipinski definition) is 5. The van der Waals surface area contributed by atoms with E-state index >= 15 is 0 Å². The molecule has 0 aliphatic heterocycles. The van der Waals surface area contributed by atoms with Gasteiger partial charge in [-0.1, -0.05) is 23.5 Å². The van der Waals surface area contributed by atoms with Crippen LogP contribution in [0.3, 0.4) is 0 Å². The minimum absolute atomic E-state index is 0.0183. The number of aromatic nitrogens is 1. The largest absolute Gasteiger partial charge is 0.399 e. The Morgan fingerprint density at radius 3 is 2.40 bits per heavy atom. The highest BCUT2D eigenvalue weighted by Crippen LogP contribution is 2.20. The molecule has 4 N–H and O–H groups in total. The summed E-state index contributed by atoms with van der Waals surface area (Å²) in [4.78, 5) is 13.3. The standard InChI is InChI=1S/C12H15N3O3S2/c1-7(9-3-5-10(13)6-4-9)15-20(17,18)11-8(2)14-12(16)19-11/h3-7,15H,13H2,1-2H3,(H,14,16). The number of thiazole rings is 1. The molecule has 0 radical (unpaired) electrons. The molecular weight excluding hydrogens is 298 g/mol. The average Bonchev–Trinajstić information content (AvgIpc) is 2.69. The van der Waals surface area contributed by atoms with Gasteiger partial charge in [0.25, 0.3) is 10.0 Å². The number of anilines is 1. The van der Waals surface area contributed by atoms with Crippen LogP contribution in [-0.2, 0) is 10.0 Å². The Kier molecular flexibility index (Phi) is 3.98. The van der Waals surface area contributed by atoms with E-state index in [4.69, 9.17) is 5.73 Å². The van der Waals surface area contributed by atoms with Crippen LogP contribution in [0, 0.1) is 6.92 Å². The van der Waals surface area contributed by atoms with E-state index in [0.717, 1.165) is 5.56 Å². The molecule has 8 heteroatoms. The van der Waals surface area contributed by atoms with Gasteiger partial charge in [0.05, 0.1) is 0 Å². The van der Waals surface area contributed by atoms with E-state index < -0.39 is 16.1 Å².